The van der Waals surface area contributed by atoms with Crippen LogP contribution in [0.1, 0.15) is 483 Å². The van der Waals surface area contributed by atoms with Crippen LogP contribution >= 0.6 is 15.6 Å². The van der Waals surface area contributed by atoms with Crippen LogP contribution in [0.5, 0.6) is 0 Å². The number of carbonyl (C=O) groups excluding carboxylic acids is 3. The van der Waals surface area contributed by atoms with Gasteiger partial charge in [-0.05, 0) is 161 Å². The van der Waals surface area contributed by atoms with Gasteiger partial charge >= 0.3 is 33.6 Å². The van der Waals surface area contributed by atoms with Gasteiger partial charge in [-0.25, -0.2) is 9.13 Å². The predicted octanol–water partition coefficient (Wildman–Crippen LogP) is 34.9. The van der Waals surface area contributed by atoms with Gasteiger partial charge in [-0.1, -0.05) is 473 Å². The summed E-state index contributed by atoms with van der Waals surface area (Å²) in [4.78, 5) is 59.3. The quantitative estimate of drug-likeness (QED) is 0.0146. The topological polar surface area (TPSA) is 231 Å². The molecule has 16 nitrogen and oxygen atoms in total. The van der Waals surface area contributed by atoms with E-state index in [4.69, 9.17) is 32.3 Å². The van der Waals surface area contributed by atoms with Crippen molar-refractivity contribution in [3.8, 4) is 0 Å². The second-order valence-electron chi connectivity index (χ2n) is 36.4. The lowest BCUT2D eigenvalue weighted by Gasteiger charge is -2.21. The van der Waals surface area contributed by atoms with E-state index in [0.717, 1.165) is 148 Å². The molecule has 0 spiro atoms. The van der Waals surface area contributed by atoms with Crippen LogP contribution in [-0.2, 0) is 55.8 Å². The SMILES string of the molecule is CC/C=C\C/C=C\C/C=C\C/C=C\C/C=C\C/C=C\CCCCCCCCCCCCCCCCCCC(=O)OCC(O)COP(=O)(O)OCC(O)COP(=O)(O)OCC(COC(=O)CCCCCCCCCCCCCCCCCCCCC/C=C\C/C=C\C/C=C\C/C=C\CCCCC)OC(=O)CCCCCCCCCCCCC/C=C\C/C=C\C/C=C\C/C=C\CCCCC. The molecule has 0 aliphatic carbocycles. The van der Waals surface area contributed by atoms with E-state index >= 15 is 0 Å². The van der Waals surface area contributed by atoms with Crippen LogP contribution in [-0.4, -0.2) is 95.9 Å². The molecule has 0 radical (unpaired) electrons. The number of hydrogen-bond acceptors (Lipinski definition) is 14. The van der Waals surface area contributed by atoms with E-state index in [1.54, 1.807) is 0 Å². The van der Waals surface area contributed by atoms with Crippen molar-refractivity contribution in [2.24, 2.45) is 0 Å². The van der Waals surface area contributed by atoms with Crippen molar-refractivity contribution < 1.29 is 75.8 Å². The number of hydrogen-bond donors (Lipinski definition) is 4. The number of carbonyl (C=O) groups is 3. The average molecular weight is 1900 g/mol. The fourth-order valence-corrected chi connectivity index (χ4v) is 16.8. The van der Waals surface area contributed by atoms with Gasteiger partial charge in [0, 0.05) is 19.3 Å². The van der Waals surface area contributed by atoms with Gasteiger partial charge < -0.3 is 34.2 Å². The third kappa shape index (κ3) is 107. The summed E-state index contributed by atoms with van der Waals surface area (Å²) in [7, 11) is -9.82. The highest BCUT2D eigenvalue weighted by atomic mass is 31.2. The molecule has 0 amide bonds. The fourth-order valence-electron chi connectivity index (χ4n) is 15.2. The Labute approximate surface area is 815 Å². The Morgan fingerprint density at radius 1 is 0.218 bits per heavy atom. The average Bonchev–Trinajstić information content (AvgIpc) is 0.896. The summed E-state index contributed by atoms with van der Waals surface area (Å²) >= 11 is 0. The Bertz CT molecular complexity index is 3100. The Hall–Kier alpha value is -5.09. The van der Waals surface area contributed by atoms with Crippen LogP contribution in [0.3, 0.4) is 0 Å². The Morgan fingerprint density at radius 3 is 0.632 bits per heavy atom. The second-order valence-corrected chi connectivity index (χ2v) is 39.3. The molecule has 0 fully saturated rings. The Balaban J connectivity index is 4.57. The van der Waals surface area contributed by atoms with E-state index in [9.17, 15) is 43.5 Å². The maximum atomic E-state index is 13.1. The molecule has 0 aliphatic heterocycles. The van der Waals surface area contributed by atoms with E-state index in [1.807, 2.05) is 0 Å². The highest BCUT2D eigenvalue weighted by molar-refractivity contribution is 7.47. The van der Waals surface area contributed by atoms with E-state index in [2.05, 4.69) is 191 Å². The molecule has 0 bridgehead atoms. The summed E-state index contributed by atoms with van der Waals surface area (Å²) in [5, 5.41) is 20.8. The molecular weight excluding hydrogens is 1700 g/mol. The molecule has 0 aliphatic rings. The van der Waals surface area contributed by atoms with Crippen LogP contribution in [0.25, 0.3) is 0 Å². The lowest BCUT2D eigenvalue weighted by molar-refractivity contribution is -0.161. The first-order chi connectivity index (χ1) is 65.2. The first kappa shape index (κ1) is 128. The monoisotopic (exact) mass is 1900 g/mol. The molecule has 18 heteroatoms. The smallest absolute Gasteiger partial charge is 0.463 e. The van der Waals surface area contributed by atoms with Crippen molar-refractivity contribution in [1.29, 1.82) is 0 Å². The largest absolute Gasteiger partial charge is 0.472 e. The van der Waals surface area contributed by atoms with Crippen molar-refractivity contribution in [3.63, 3.8) is 0 Å². The molecule has 4 N–H and O–H groups in total. The van der Waals surface area contributed by atoms with Crippen molar-refractivity contribution in [3.05, 3.63) is 170 Å². The van der Waals surface area contributed by atoms with Crippen LogP contribution in [0.4, 0.5) is 0 Å². The normalized spacial score (nSPS) is 14.2. The zero-order valence-corrected chi connectivity index (χ0v) is 86.9. The molecule has 0 saturated heterocycles. The molecular formula is C115H200O16P2. The van der Waals surface area contributed by atoms with Crippen LogP contribution < -0.4 is 0 Å². The molecule has 5 atom stereocenters. The molecule has 0 saturated carbocycles. The van der Waals surface area contributed by atoms with Gasteiger partial charge in [0.2, 0.25) is 0 Å². The van der Waals surface area contributed by atoms with E-state index in [1.165, 1.54) is 276 Å². The van der Waals surface area contributed by atoms with Crippen molar-refractivity contribution in [2.45, 2.75) is 501 Å². The third-order valence-electron chi connectivity index (χ3n) is 23.4. The summed E-state index contributed by atoms with van der Waals surface area (Å²) in [5.41, 5.74) is 0. The van der Waals surface area contributed by atoms with Gasteiger partial charge in [0.05, 0.1) is 26.4 Å². The standard InChI is InChI=1S/C115H200O16P2/c1-4-7-10-13-16-19-22-25-28-31-34-37-40-43-46-48-50-52-54-56-58-60-63-65-68-71-74-77-80-83-86-89-92-95-98-101-113(118)125-104-110(116)105-127-132(121,122)128-106-111(117)107-129-133(123,124)130-109-112(131-115(120)103-100-97-94-91-88-85-82-79-76-73-70-67-62-45-42-39-36-33-30-27-24-21-18-15-12-9-6-3)108-126-114(119)102-99-96-93-90-87-84-81-78-75-72-69-66-64-61-59-57-55-53-51-49-47-44-41-38-35-32-29-26-23-20-17-14-11-8-5-2/h7,10,16-21,25-30,34-39,43-47,50,52,62,110-112,116-117H,4-6,8-9,11-15,22-24,31-33,40-42,48-49,51,53-61,63-109H2,1-3H3,(H,121,122)(H,123,124)/b10-7-,19-16-,20-17-,21-18-,28-25-,29-26-,30-27-,37-34-,38-35-,39-36-,46-43-,47-44-,52-50-,62-45-. The lowest BCUT2D eigenvalue weighted by atomic mass is 10.0. The maximum absolute atomic E-state index is 13.1. The molecule has 5 unspecified atom stereocenters. The van der Waals surface area contributed by atoms with Crippen LogP contribution in [0, 0.1) is 0 Å². The molecule has 0 heterocycles. The summed E-state index contributed by atoms with van der Waals surface area (Å²) in [5.74, 6) is -1.56. The van der Waals surface area contributed by atoms with Gasteiger partial charge in [-0.3, -0.25) is 32.5 Å². The van der Waals surface area contributed by atoms with Crippen LogP contribution in [0.15, 0.2) is 170 Å². The zero-order chi connectivity index (χ0) is 96.4. The van der Waals surface area contributed by atoms with Crippen molar-refractivity contribution in [2.75, 3.05) is 39.6 Å². The van der Waals surface area contributed by atoms with Crippen molar-refractivity contribution >= 4 is 33.6 Å². The van der Waals surface area contributed by atoms with Gasteiger partial charge in [0.1, 0.15) is 25.4 Å². The summed E-state index contributed by atoms with van der Waals surface area (Å²) in [6.45, 7) is 2.60. The molecule has 0 aromatic rings. The highest BCUT2D eigenvalue weighted by Gasteiger charge is 2.30. The van der Waals surface area contributed by atoms with E-state index in [-0.39, 0.29) is 19.3 Å². The number of phosphoric acid groups is 2. The number of phosphoric ester groups is 2. The van der Waals surface area contributed by atoms with Crippen molar-refractivity contribution in [1.82, 2.24) is 0 Å². The minimum absolute atomic E-state index is 0.100. The molecule has 133 heavy (non-hydrogen) atoms. The molecule has 0 aromatic carbocycles. The van der Waals surface area contributed by atoms with Gasteiger partial charge in [0.15, 0.2) is 6.10 Å². The number of allylic oxidation sites excluding steroid dienone is 28. The number of rotatable bonds is 103. The fraction of sp³-hybridized carbons (Fsp3) is 0.730. The number of esters is 3. The maximum Gasteiger partial charge on any atom is 0.472 e. The zero-order valence-electron chi connectivity index (χ0n) is 85.1. The van der Waals surface area contributed by atoms with Gasteiger partial charge in [-0.2, -0.15) is 0 Å². The molecule has 0 rings (SSSR count). The van der Waals surface area contributed by atoms with Gasteiger partial charge in [0.25, 0.3) is 0 Å². The number of aliphatic hydroxyl groups excluding tert-OH is 2. The van der Waals surface area contributed by atoms with Crippen LogP contribution in [0.2, 0.25) is 0 Å². The first-order valence-electron chi connectivity index (χ1n) is 54.4. The lowest BCUT2D eigenvalue weighted by Crippen LogP contribution is -2.30. The molecule has 766 valence electrons. The summed E-state index contributed by atoms with van der Waals surface area (Å²) in [6.07, 6.45) is 140. The van der Waals surface area contributed by atoms with E-state index < -0.39 is 91.5 Å². The summed E-state index contributed by atoms with van der Waals surface area (Å²) in [6, 6.07) is 0. The Morgan fingerprint density at radius 2 is 0.398 bits per heavy atom. The summed E-state index contributed by atoms with van der Waals surface area (Å²) < 4.78 is 61.8. The minimum atomic E-state index is -4.95. The molecule has 0 aromatic heterocycles. The highest BCUT2D eigenvalue weighted by Crippen LogP contribution is 2.45. The number of ether oxygens (including phenoxy) is 3. The minimum Gasteiger partial charge on any atom is -0.463 e. The van der Waals surface area contributed by atoms with Gasteiger partial charge in [-0.15, -0.1) is 0 Å². The van der Waals surface area contributed by atoms with E-state index in [0.29, 0.717) is 19.3 Å². The number of aliphatic hydroxyl groups is 2. The predicted molar refractivity (Wildman–Crippen MR) is 565 cm³/mol. The Kier molecular flexibility index (Phi) is 102. The number of unbranched alkanes of at least 4 members (excludes halogenated alkanes) is 52. The second kappa shape index (κ2) is 106. The first-order valence-corrected chi connectivity index (χ1v) is 57.4. The third-order valence-corrected chi connectivity index (χ3v) is 25.3.